The number of hydrogen-bond acceptors (Lipinski definition) is 5. The summed E-state index contributed by atoms with van der Waals surface area (Å²) >= 11 is 0. The molecular weight excluding hydrogens is 197 g/mol. The van der Waals surface area contributed by atoms with Crippen LogP contribution in [0, 0.1) is 15.9 Å². The van der Waals surface area contributed by atoms with E-state index in [1.165, 1.54) is 0 Å². The van der Waals surface area contributed by atoms with Crippen LogP contribution in [0.4, 0.5) is 10.1 Å². The maximum Gasteiger partial charge on any atom is 0.307 e. The Morgan fingerprint density at radius 3 is 2.36 bits per heavy atom. The SMILES string of the molecule is O=[N+]([O-])c1ccc(F)c(C(O)(O)O)c1. The van der Waals surface area contributed by atoms with Crippen molar-refractivity contribution in [2.75, 3.05) is 0 Å². The van der Waals surface area contributed by atoms with E-state index in [1.807, 2.05) is 0 Å². The van der Waals surface area contributed by atoms with Crippen molar-refractivity contribution in [1.82, 2.24) is 0 Å². The van der Waals surface area contributed by atoms with Crippen LogP contribution in [0.1, 0.15) is 5.56 Å². The van der Waals surface area contributed by atoms with Crippen LogP contribution < -0.4 is 0 Å². The molecule has 0 spiro atoms. The van der Waals surface area contributed by atoms with Crippen molar-refractivity contribution in [3.63, 3.8) is 0 Å². The molecule has 0 amide bonds. The van der Waals surface area contributed by atoms with Crippen LogP contribution in [0.2, 0.25) is 0 Å². The van der Waals surface area contributed by atoms with Gasteiger partial charge in [-0.1, -0.05) is 0 Å². The van der Waals surface area contributed by atoms with Crippen molar-refractivity contribution in [3.8, 4) is 0 Å². The molecule has 6 nitrogen and oxygen atoms in total. The van der Waals surface area contributed by atoms with E-state index in [4.69, 9.17) is 15.3 Å². The molecule has 0 saturated carbocycles. The lowest BCUT2D eigenvalue weighted by atomic mass is 10.1. The number of hydrogen-bond donors (Lipinski definition) is 3. The van der Waals surface area contributed by atoms with Gasteiger partial charge in [-0.05, 0) is 6.07 Å². The first-order chi connectivity index (χ1) is 6.32. The molecule has 0 aromatic heterocycles. The lowest BCUT2D eigenvalue weighted by Gasteiger charge is -2.14. The number of rotatable bonds is 2. The average molecular weight is 203 g/mol. The van der Waals surface area contributed by atoms with Gasteiger partial charge in [0, 0.05) is 12.1 Å². The fraction of sp³-hybridized carbons (Fsp3) is 0.143. The molecule has 1 aromatic carbocycles. The van der Waals surface area contributed by atoms with E-state index >= 15 is 0 Å². The van der Waals surface area contributed by atoms with Gasteiger partial charge in [-0.2, -0.15) is 0 Å². The molecule has 0 fully saturated rings. The second kappa shape index (κ2) is 3.29. The number of benzene rings is 1. The molecule has 0 aliphatic rings. The van der Waals surface area contributed by atoms with Crippen molar-refractivity contribution in [1.29, 1.82) is 0 Å². The predicted molar refractivity (Wildman–Crippen MR) is 41.4 cm³/mol. The minimum absolute atomic E-state index is 0.537. The van der Waals surface area contributed by atoms with Crippen LogP contribution in [0.25, 0.3) is 0 Å². The number of nitro groups is 1. The molecule has 14 heavy (non-hydrogen) atoms. The predicted octanol–water partition coefficient (Wildman–Crippen LogP) is -0.179. The van der Waals surface area contributed by atoms with Crippen molar-refractivity contribution in [3.05, 3.63) is 39.7 Å². The molecular formula is C7H6FNO5. The van der Waals surface area contributed by atoms with E-state index in [2.05, 4.69) is 0 Å². The van der Waals surface area contributed by atoms with E-state index in [1.54, 1.807) is 0 Å². The van der Waals surface area contributed by atoms with Crippen molar-refractivity contribution < 1.29 is 24.6 Å². The molecule has 0 radical (unpaired) electrons. The van der Waals surface area contributed by atoms with Crippen LogP contribution in [-0.2, 0) is 5.97 Å². The summed E-state index contributed by atoms with van der Waals surface area (Å²) in [6.07, 6.45) is 0. The van der Waals surface area contributed by atoms with E-state index in [0.29, 0.717) is 12.1 Å². The number of nitrogens with zero attached hydrogens (tertiary/aromatic N) is 1. The highest BCUT2D eigenvalue weighted by Crippen LogP contribution is 2.23. The van der Waals surface area contributed by atoms with E-state index < -0.39 is 28.0 Å². The Bertz CT molecular complexity index is 373. The summed E-state index contributed by atoms with van der Waals surface area (Å²) in [6, 6.07) is 2.03. The van der Waals surface area contributed by atoms with Gasteiger partial charge < -0.3 is 15.3 Å². The van der Waals surface area contributed by atoms with Gasteiger partial charge in [0.05, 0.1) is 10.5 Å². The lowest BCUT2D eigenvalue weighted by Crippen LogP contribution is -2.25. The number of aliphatic hydroxyl groups is 3. The Morgan fingerprint density at radius 1 is 1.36 bits per heavy atom. The maximum absolute atomic E-state index is 12.8. The standard InChI is InChI=1S/C7H6FNO5/c8-6-2-1-4(9(13)14)3-5(6)7(10,11)12/h1-3,10-12H. The molecule has 1 rings (SSSR count). The van der Waals surface area contributed by atoms with Gasteiger partial charge in [0.1, 0.15) is 5.82 Å². The number of halogens is 1. The second-order valence-electron chi connectivity index (χ2n) is 2.56. The molecule has 7 heteroatoms. The summed E-state index contributed by atoms with van der Waals surface area (Å²) in [4.78, 5) is 9.38. The topological polar surface area (TPSA) is 104 Å². The molecule has 0 aliphatic carbocycles. The summed E-state index contributed by atoms with van der Waals surface area (Å²) in [5, 5.41) is 36.1. The second-order valence-corrected chi connectivity index (χ2v) is 2.56. The molecule has 1 aromatic rings. The molecule has 0 unspecified atom stereocenters. The van der Waals surface area contributed by atoms with Crippen molar-refractivity contribution in [2.24, 2.45) is 0 Å². The van der Waals surface area contributed by atoms with E-state index in [0.717, 1.165) is 6.07 Å². The zero-order chi connectivity index (χ0) is 10.9. The van der Waals surface area contributed by atoms with E-state index in [-0.39, 0.29) is 0 Å². The van der Waals surface area contributed by atoms with Crippen LogP contribution in [0.15, 0.2) is 18.2 Å². The van der Waals surface area contributed by atoms with E-state index in [9.17, 15) is 14.5 Å². The van der Waals surface area contributed by atoms with Gasteiger partial charge in [-0.3, -0.25) is 10.1 Å². The normalized spacial score (nSPS) is 11.4. The molecule has 0 bridgehead atoms. The maximum atomic E-state index is 12.8. The van der Waals surface area contributed by atoms with Crippen LogP contribution in [0.3, 0.4) is 0 Å². The lowest BCUT2D eigenvalue weighted by molar-refractivity contribution is -0.385. The van der Waals surface area contributed by atoms with Gasteiger partial charge in [-0.25, -0.2) is 4.39 Å². The van der Waals surface area contributed by atoms with Crippen LogP contribution in [0.5, 0.6) is 0 Å². The molecule has 3 N–H and O–H groups in total. The largest absolute Gasteiger partial charge is 0.340 e. The molecule has 76 valence electrons. The van der Waals surface area contributed by atoms with Gasteiger partial charge in [0.15, 0.2) is 0 Å². The summed E-state index contributed by atoms with van der Waals surface area (Å²) < 4.78 is 12.8. The Hall–Kier alpha value is -1.57. The van der Waals surface area contributed by atoms with Gasteiger partial charge >= 0.3 is 5.97 Å². The highest BCUT2D eigenvalue weighted by Gasteiger charge is 2.28. The number of nitro benzene ring substituents is 1. The zero-order valence-electron chi connectivity index (χ0n) is 6.72. The third kappa shape index (κ3) is 2.02. The zero-order valence-corrected chi connectivity index (χ0v) is 6.72. The summed E-state index contributed by atoms with van der Waals surface area (Å²) in [5.74, 6) is -4.57. The first-order valence-corrected chi connectivity index (χ1v) is 3.44. The minimum atomic E-state index is -3.42. The van der Waals surface area contributed by atoms with Gasteiger partial charge in [0.2, 0.25) is 0 Å². The molecule has 0 aliphatic heterocycles. The Labute approximate surface area is 77.0 Å². The fourth-order valence-electron chi connectivity index (χ4n) is 0.884. The minimum Gasteiger partial charge on any atom is -0.340 e. The highest BCUT2D eigenvalue weighted by molar-refractivity contribution is 5.36. The fourth-order valence-corrected chi connectivity index (χ4v) is 0.884. The third-order valence-electron chi connectivity index (χ3n) is 1.52. The van der Waals surface area contributed by atoms with Crippen molar-refractivity contribution in [2.45, 2.75) is 5.97 Å². The smallest absolute Gasteiger partial charge is 0.307 e. The quantitative estimate of drug-likeness (QED) is 0.351. The third-order valence-corrected chi connectivity index (χ3v) is 1.52. The Balaban J connectivity index is 3.29. The molecule has 0 heterocycles. The van der Waals surface area contributed by atoms with Crippen molar-refractivity contribution >= 4 is 5.69 Å². The van der Waals surface area contributed by atoms with Crippen LogP contribution in [-0.4, -0.2) is 20.2 Å². The average Bonchev–Trinajstić information content (AvgIpc) is 2.02. The van der Waals surface area contributed by atoms with Crippen LogP contribution >= 0.6 is 0 Å². The summed E-state index contributed by atoms with van der Waals surface area (Å²) in [5.41, 5.74) is -1.52. The number of non-ortho nitro benzene ring substituents is 1. The monoisotopic (exact) mass is 203 g/mol. The Kier molecular flexibility index (Phi) is 2.47. The summed E-state index contributed by atoms with van der Waals surface area (Å²) in [7, 11) is 0. The van der Waals surface area contributed by atoms with Gasteiger partial charge in [0.25, 0.3) is 5.69 Å². The first-order valence-electron chi connectivity index (χ1n) is 3.44. The van der Waals surface area contributed by atoms with Gasteiger partial charge in [-0.15, -0.1) is 0 Å². The summed E-state index contributed by atoms with van der Waals surface area (Å²) in [6.45, 7) is 0. The first kappa shape index (κ1) is 10.5. The molecule has 0 atom stereocenters. The Morgan fingerprint density at radius 2 is 1.93 bits per heavy atom. The highest BCUT2D eigenvalue weighted by atomic mass is 19.1. The molecule has 0 saturated heterocycles.